The minimum Gasteiger partial charge on any atom is -0.494 e. The Bertz CT molecular complexity index is 1720. The predicted molar refractivity (Wildman–Crippen MR) is 195 cm³/mol. The maximum Gasteiger partial charge on any atom is 0.310 e. The first-order valence-electron chi connectivity index (χ1n) is 17.6. The van der Waals surface area contributed by atoms with Gasteiger partial charge in [0.25, 0.3) is 5.91 Å². The van der Waals surface area contributed by atoms with Crippen LogP contribution in [0.4, 0.5) is 0 Å². The first-order valence-corrected chi connectivity index (χ1v) is 17.6. The van der Waals surface area contributed by atoms with E-state index in [1.54, 1.807) is 24.5 Å². The molecule has 0 radical (unpaired) electrons. The third-order valence-corrected chi connectivity index (χ3v) is 9.17. The van der Waals surface area contributed by atoms with E-state index >= 15 is 0 Å². The number of benzene rings is 3. The molecule has 0 aliphatic carbocycles. The summed E-state index contributed by atoms with van der Waals surface area (Å²) in [5.41, 5.74) is 5.06. The molecule has 1 atom stereocenters. The third-order valence-electron chi connectivity index (χ3n) is 9.17. The Hall–Kier alpha value is -5.05. The Morgan fingerprint density at radius 2 is 1.46 bits per heavy atom. The molecule has 1 fully saturated rings. The SMILES string of the molecule is CCCCCCCOc1ccc(-c2cnc(-c3ccc(C[C@H](NC(=O)c4ccc(C(C)(C)C)cc4)C(=O)N4CC(C(=O)O)C4)cc3)nc2)cc1. The van der Waals surface area contributed by atoms with Gasteiger partial charge in [-0.1, -0.05) is 102 Å². The van der Waals surface area contributed by atoms with Gasteiger partial charge in [-0.15, -0.1) is 0 Å². The third kappa shape index (κ3) is 9.55. The van der Waals surface area contributed by atoms with E-state index in [-0.39, 0.29) is 36.7 Å². The van der Waals surface area contributed by atoms with Gasteiger partial charge < -0.3 is 20.1 Å². The fourth-order valence-electron chi connectivity index (χ4n) is 5.89. The van der Waals surface area contributed by atoms with E-state index in [0.29, 0.717) is 11.4 Å². The molecule has 2 amide bonds. The van der Waals surface area contributed by atoms with Crippen molar-refractivity contribution in [2.45, 2.75) is 77.7 Å². The van der Waals surface area contributed by atoms with Crippen molar-refractivity contribution in [1.29, 1.82) is 0 Å². The van der Waals surface area contributed by atoms with E-state index in [0.717, 1.165) is 46.6 Å². The van der Waals surface area contributed by atoms with Crippen LogP contribution in [0.15, 0.2) is 85.2 Å². The molecule has 50 heavy (non-hydrogen) atoms. The van der Waals surface area contributed by atoms with Gasteiger partial charge in [-0.25, -0.2) is 9.97 Å². The number of ether oxygens (including phenoxy) is 1. The summed E-state index contributed by atoms with van der Waals surface area (Å²) in [5.74, 6) is -0.742. The molecule has 1 saturated heterocycles. The number of carbonyl (C=O) groups is 3. The summed E-state index contributed by atoms with van der Waals surface area (Å²) >= 11 is 0. The van der Waals surface area contributed by atoms with Crippen LogP contribution in [-0.4, -0.2) is 63.5 Å². The quantitative estimate of drug-likeness (QED) is 0.126. The maximum atomic E-state index is 13.5. The molecular formula is C41H48N4O5. The summed E-state index contributed by atoms with van der Waals surface area (Å²) in [6.45, 7) is 9.51. The molecule has 0 spiro atoms. The summed E-state index contributed by atoms with van der Waals surface area (Å²) < 4.78 is 5.89. The molecule has 4 aromatic rings. The van der Waals surface area contributed by atoms with Crippen molar-refractivity contribution in [2.75, 3.05) is 19.7 Å². The minimum atomic E-state index is -0.925. The number of nitrogens with one attached hydrogen (secondary N) is 1. The van der Waals surface area contributed by atoms with E-state index in [4.69, 9.17) is 4.74 Å². The molecule has 262 valence electrons. The van der Waals surface area contributed by atoms with Crippen LogP contribution < -0.4 is 10.1 Å². The molecule has 2 heterocycles. The molecule has 5 rings (SSSR count). The number of nitrogens with zero attached hydrogens (tertiary/aromatic N) is 3. The number of rotatable bonds is 15. The smallest absolute Gasteiger partial charge is 0.310 e. The summed E-state index contributed by atoms with van der Waals surface area (Å²) in [4.78, 5) is 48.8. The Morgan fingerprint density at radius 1 is 0.840 bits per heavy atom. The van der Waals surface area contributed by atoms with E-state index < -0.39 is 17.9 Å². The Balaban J connectivity index is 1.22. The van der Waals surface area contributed by atoms with Crippen molar-refractivity contribution in [3.63, 3.8) is 0 Å². The Labute approximate surface area is 295 Å². The van der Waals surface area contributed by atoms with Crippen molar-refractivity contribution < 1.29 is 24.2 Å². The first-order chi connectivity index (χ1) is 24.0. The summed E-state index contributed by atoms with van der Waals surface area (Å²) in [6.07, 6.45) is 9.87. The second-order valence-electron chi connectivity index (χ2n) is 14.1. The van der Waals surface area contributed by atoms with E-state index in [1.807, 2.05) is 60.7 Å². The second-order valence-corrected chi connectivity index (χ2v) is 14.1. The lowest BCUT2D eigenvalue weighted by atomic mass is 9.86. The number of carboxylic acids is 1. The van der Waals surface area contributed by atoms with Crippen LogP contribution in [0.3, 0.4) is 0 Å². The number of carbonyl (C=O) groups excluding carboxylic acids is 2. The fourth-order valence-corrected chi connectivity index (χ4v) is 5.89. The number of likely N-dealkylation sites (tertiary alicyclic amines) is 1. The standard InChI is InChI=1S/C41H48N4O5/c1-5-6-7-8-9-22-50-35-20-16-29(17-21-35)32-24-42-37(43-25-32)30-12-10-28(11-13-30)23-36(39(47)45-26-33(27-45)40(48)49)44-38(46)31-14-18-34(19-15-31)41(2,3)4/h10-21,24-25,33,36H,5-9,22-23,26-27H2,1-4H3,(H,44,46)(H,48,49)/t36-/m0/s1. The van der Waals surface area contributed by atoms with E-state index in [1.165, 1.54) is 30.6 Å². The van der Waals surface area contributed by atoms with Gasteiger partial charge in [0, 0.05) is 48.6 Å². The van der Waals surface area contributed by atoms with Crippen molar-refractivity contribution in [3.05, 3.63) is 102 Å². The normalized spacial score (nSPS) is 13.7. The molecule has 2 N–H and O–H groups in total. The lowest BCUT2D eigenvalue weighted by Crippen LogP contribution is -2.59. The predicted octanol–water partition coefficient (Wildman–Crippen LogP) is 7.34. The van der Waals surface area contributed by atoms with Crippen molar-refractivity contribution >= 4 is 17.8 Å². The molecule has 0 saturated carbocycles. The van der Waals surface area contributed by atoms with Crippen LogP contribution >= 0.6 is 0 Å². The number of hydrogen-bond donors (Lipinski definition) is 2. The molecule has 1 aliphatic rings. The fraction of sp³-hybridized carbons (Fsp3) is 0.390. The van der Waals surface area contributed by atoms with Gasteiger partial charge in [-0.05, 0) is 52.8 Å². The van der Waals surface area contributed by atoms with Crippen LogP contribution in [0.1, 0.15) is 81.3 Å². The van der Waals surface area contributed by atoms with Gasteiger partial charge in [0.15, 0.2) is 5.82 Å². The lowest BCUT2D eigenvalue weighted by molar-refractivity contribution is -0.153. The van der Waals surface area contributed by atoms with Gasteiger partial charge in [0.1, 0.15) is 11.8 Å². The molecule has 0 unspecified atom stereocenters. The Kier molecular flexibility index (Phi) is 12.0. The van der Waals surface area contributed by atoms with Gasteiger partial charge in [0.2, 0.25) is 5.91 Å². The average molecular weight is 677 g/mol. The topological polar surface area (TPSA) is 122 Å². The van der Waals surface area contributed by atoms with Crippen molar-refractivity contribution in [2.24, 2.45) is 5.92 Å². The second kappa shape index (κ2) is 16.6. The maximum absolute atomic E-state index is 13.5. The van der Waals surface area contributed by atoms with Crippen LogP contribution in [0.5, 0.6) is 5.75 Å². The molecule has 1 aliphatic heterocycles. The Morgan fingerprint density at radius 3 is 2.06 bits per heavy atom. The van der Waals surface area contributed by atoms with E-state index in [2.05, 4.69) is 43.0 Å². The number of aliphatic carboxylic acids is 1. The summed E-state index contributed by atoms with van der Waals surface area (Å²) in [6, 6.07) is 22.1. The highest BCUT2D eigenvalue weighted by Gasteiger charge is 2.38. The average Bonchev–Trinajstić information content (AvgIpc) is 3.09. The highest BCUT2D eigenvalue weighted by atomic mass is 16.5. The molecule has 3 aromatic carbocycles. The highest BCUT2D eigenvalue weighted by molar-refractivity contribution is 5.98. The van der Waals surface area contributed by atoms with Crippen molar-refractivity contribution in [1.82, 2.24) is 20.2 Å². The van der Waals surface area contributed by atoms with Crippen LogP contribution in [0.2, 0.25) is 0 Å². The van der Waals surface area contributed by atoms with Crippen LogP contribution in [-0.2, 0) is 21.4 Å². The number of unbranched alkanes of at least 4 members (excludes halogenated alkanes) is 4. The minimum absolute atomic E-state index is 0.0559. The van der Waals surface area contributed by atoms with Gasteiger partial charge >= 0.3 is 5.97 Å². The molecule has 0 bridgehead atoms. The van der Waals surface area contributed by atoms with Gasteiger partial charge in [-0.2, -0.15) is 0 Å². The first kappa shape index (κ1) is 36.2. The molecule has 9 nitrogen and oxygen atoms in total. The molecule has 1 aromatic heterocycles. The number of aromatic nitrogens is 2. The van der Waals surface area contributed by atoms with Crippen LogP contribution in [0, 0.1) is 5.92 Å². The van der Waals surface area contributed by atoms with Gasteiger partial charge in [0.05, 0.1) is 12.5 Å². The zero-order valence-corrected chi connectivity index (χ0v) is 29.5. The largest absolute Gasteiger partial charge is 0.494 e. The highest BCUT2D eigenvalue weighted by Crippen LogP contribution is 2.25. The summed E-state index contributed by atoms with van der Waals surface area (Å²) in [5, 5.41) is 12.2. The number of carboxylic acid groups (broad SMARTS) is 1. The van der Waals surface area contributed by atoms with Crippen LogP contribution in [0.25, 0.3) is 22.5 Å². The molecule has 9 heteroatoms. The summed E-state index contributed by atoms with van der Waals surface area (Å²) in [7, 11) is 0. The zero-order chi connectivity index (χ0) is 35.7. The van der Waals surface area contributed by atoms with Gasteiger partial charge in [-0.3, -0.25) is 14.4 Å². The monoisotopic (exact) mass is 676 g/mol. The number of hydrogen-bond acceptors (Lipinski definition) is 6. The zero-order valence-electron chi connectivity index (χ0n) is 29.5. The van der Waals surface area contributed by atoms with Crippen molar-refractivity contribution in [3.8, 4) is 28.3 Å². The number of amides is 2. The molecular weight excluding hydrogens is 628 g/mol. The lowest BCUT2D eigenvalue weighted by Gasteiger charge is -2.39. The van der Waals surface area contributed by atoms with E-state index in [9.17, 15) is 19.5 Å².